The molecule has 226 valence electrons. The zero-order valence-electron chi connectivity index (χ0n) is 24.9. The Morgan fingerprint density at radius 2 is 1.86 bits per heavy atom. The fourth-order valence-corrected chi connectivity index (χ4v) is 8.69. The number of para-hydroxylation sites is 1. The van der Waals surface area contributed by atoms with E-state index in [4.69, 9.17) is 15.5 Å². The number of nitrogens with two attached hydrogens (primary N) is 1. The van der Waals surface area contributed by atoms with Crippen LogP contribution >= 0.6 is 0 Å². The molecule has 4 aromatic rings. The van der Waals surface area contributed by atoms with Gasteiger partial charge < -0.3 is 24.5 Å². The van der Waals surface area contributed by atoms with Gasteiger partial charge >= 0.3 is 0 Å². The summed E-state index contributed by atoms with van der Waals surface area (Å²) in [7, 11) is 0.443. The first-order valence-electron chi connectivity index (χ1n) is 15.3. The molecule has 2 N–H and O–H groups in total. The Bertz CT molecular complexity index is 1900. The quantitative estimate of drug-likeness (QED) is 0.346. The topological polar surface area (TPSA) is 116 Å². The molecule has 10 nitrogen and oxygen atoms in total. The summed E-state index contributed by atoms with van der Waals surface area (Å²) >= 11 is 0. The number of carbonyl (C=O) groups excluding carboxylic acids is 1. The van der Waals surface area contributed by atoms with E-state index in [1.807, 2.05) is 24.1 Å². The SMILES string of the molecule is COc1cc(C(=O)N2C[C@H]3CC[C@@H]2[C@@H]3N)cc2nc(-c3cc4cccc(C5CN(S(C)(=O)=O)C5)c4n3CC3CC3)n(C)c12. The van der Waals surface area contributed by atoms with Crippen molar-refractivity contribution in [3.8, 4) is 17.3 Å². The highest BCUT2D eigenvalue weighted by atomic mass is 32.2. The Hall–Kier alpha value is -3.41. The highest BCUT2D eigenvalue weighted by Gasteiger charge is 2.47. The molecule has 2 aromatic heterocycles. The minimum absolute atomic E-state index is 0.00817. The average Bonchev–Trinajstić information content (AvgIpc) is 3.33. The summed E-state index contributed by atoms with van der Waals surface area (Å²) in [5.74, 6) is 2.58. The molecule has 2 saturated carbocycles. The first kappa shape index (κ1) is 27.2. The van der Waals surface area contributed by atoms with Crippen molar-refractivity contribution in [2.75, 3.05) is 33.0 Å². The molecule has 2 aliphatic carbocycles. The van der Waals surface area contributed by atoms with Crippen molar-refractivity contribution in [1.29, 1.82) is 0 Å². The third-order valence-electron chi connectivity index (χ3n) is 10.4. The summed E-state index contributed by atoms with van der Waals surface area (Å²) in [4.78, 5) is 20.8. The van der Waals surface area contributed by atoms with Crippen LogP contribution in [-0.4, -0.2) is 82.7 Å². The summed E-state index contributed by atoms with van der Waals surface area (Å²) in [6.07, 6.45) is 5.74. The van der Waals surface area contributed by atoms with Crippen LogP contribution in [0.2, 0.25) is 0 Å². The summed E-state index contributed by atoms with van der Waals surface area (Å²) in [6.45, 7) is 2.61. The predicted molar refractivity (Wildman–Crippen MR) is 166 cm³/mol. The molecule has 2 aromatic carbocycles. The number of sulfonamides is 1. The lowest BCUT2D eigenvalue weighted by molar-refractivity contribution is 0.0700. The minimum atomic E-state index is -3.20. The monoisotopic (exact) mass is 602 g/mol. The van der Waals surface area contributed by atoms with Crippen LogP contribution in [0.4, 0.5) is 0 Å². The van der Waals surface area contributed by atoms with Gasteiger partial charge in [-0.15, -0.1) is 0 Å². The van der Waals surface area contributed by atoms with Crippen LogP contribution in [0.3, 0.4) is 0 Å². The number of hydrogen-bond donors (Lipinski definition) is 1. The maximum absolute atomic E-state index is 13.7. The molecule has 0 unspecified atom stereocenters. The van der Waals surface area contributed by atoms with Crippen LogP contribution < -0.4 is 10.5 Å². The number of benzene rings is 2. The third-order valence-corrected chi connectivity index (χ3v) is 11.6. The van der Waals surface area contributed by atoms with Gasteiger partial charge in [-0.1, -0.05) is 18.2 Å². The van der Waals surface area contributed by atoms with Gasteiger partial charge in [0.05, 0.1) is 30.1 Å². The zero-order chi connectivity index (χ0) is 29.8. The third kappa shape index (κ3) is 4.22. The Morgan fingerprint density at radius 1 is 1.07 bits per heavy atom. The van der Waals surface area contributed by atoms with Crippen LogP contribution in [0.25, 0.3) is 33.5 Å². The summed E-state index contributed by atoms with van der Waals surface area (Å²) in [5, 5.41) is 1.13. The van der Waals surface area contributed by atoms with Crippen LogP contribution in [0, 0.1) is 11.8 Å². The van der Waals surface area contributed by atoms with E-state index in [1.165, 1.54) is 24.7 Å². The standard InChI is InChI=1S/C32H38N6O4S/c1-35-30-24(11-21(13-27(30)42-2)32(39)38-17-20-9-10-25(38)28(20)33)34-31(35)26-12-19-5-4-6-23(22-15-36(16-22)43(3,40)41)29(19)37(26)14-18-7-8-18/h4-6,11-13,18,20,22,25,28H,7-10,14-17,33H2,1-3H3/t20-,25-,28-/m1/s1. The molecule has 4 heterocycles. The van der Waals surface area contributed by atoms with E-state index in [0.717, 1.165) is 52.8 Å². The Labute approximate surface area is 251 Å². The maximum Gasteiger partial charge on any atom is 0.254 e. The van der Waals surface area contributed by atoms with Crippen molar-refractivity contribution in [2.45, 2.75) is 50.2 Å². The molecule has 4 fully saturated rings. The number of aryl methyl sites for hydroxylation is 1. The van der Waals surface area contributed by atoms with Crippen molar-refractivity contribution in [3.63, 3.8) is 0 Å². The molecule has 0 spiro atoms. The molecule has 4 aliphatic rings. The van der Waals surface area contributed by atoms with Crippen molar-refractivity contribution in [1.82, 2.24) is 23.3 Å². The second-order valence-electron chi connectivity index (χ2n) is 13.1. The largest absolute Gasteiger partial charge is 0.494 e. The molecule has 8 rings (SSSR count). The van der Waals surface area contributed by atoms with Crippen molar-refractivity contribution in [3.05, 3.63) is 47.5 Å². The molecule has 0 radical (unpaired) electrons. The van der Waals surface area contributed by atoms with Crippen molar-refractivity contribution >= 4 is 37.9 Å². The fraction of sp³-hybridized carbons (Fsp3) is 0.500. The van der Waals surface area contributed by atoms with E-state index >= 15 is 0 Å². The second-order valence-corrected chi connectivity index (χ2v) is 15.1. The van der Waals surface area contributed by atoms with Gasteiger partial charge in [0, 0.05) is 62.2 Å². The van der Waals surface area contributed by atoms with Gasteiger partial charge in [-0.05, 0) is 61.3 Å². The number of methoxy groups -OCH3 is 1. The van der Waals surface area contributed by atoms with Gasteiger partial charge in [-0.25, -0.2) is 17.7 Å². The molecule has 2 bridgehead atoms. The smallest absolute Gasteiger partial charge is 0.254 e. The van der Waals surface area contributed by atoms with Gasteiger partial charge in [-0.3, -0.25) is 4.79 Å². The van der Waals surface area contributed by atoms with Gasteiger partial charge in [-0.2, -0.15) is 0 Å². The first-order valence-corrected chi connectivity index (χ1v) is 17.2. The van der Waals surface area contributed by atoms with Gasteiger partial charge in [0.15, 0.2) is 5.82 Å². The molecule has 2 aliphatic heterocycles. The summed E-state index contributed by atoms with van der Waals surface area (Å²) < 4.78 is 36.1. The molecular weight excluding hydrogens is 564 g/mol. The average molecular weight is 603 g/mol. The van der Waals surface area contributed by atoms with Crippen LogP contribution in [0.5, 0.6) is 5.75 Å². The number of piperidine rings is 1. The van der Waals surface area contributed by atoms with Crippen LogP contribution in [0.1, 0.15) is 47.5 Å². The minimum Gasteiger partial charge on any atom is -0.494 e. The number of ether oxygens (including phenoxy) is 1. The van der Waals surface area contributed by atoms with E-state index in [0.29, 0.717) is 42.8 Å². The Kier molecular flexibility index (Phi) is 6.03. The lowest BCUT2D eigenvalue weighted by Crippen LogP contribution is -2.47. The highest BCUT2D eigenvalue weighted by Crippen LogP contribution is 2.42. The number of nitrogens with zero attached hydrogens (tertiary/aromatic N) is 5. The van der Waals surface area contributed by atoms with Gasteiger partial charge in [0.1, 0.15) is 11.3 Å². The molecular formula is C32H38N6O4S. The second kappa shape index (κ2) is 9.54. The molecule has 2 saturated heterocycles. The number of hydrogen-bond acceptors (Lipinski definition) is 6. The van der Waals surface area contributed by atoms with E-state index in [-0.39, 0.29) is 23.9 Å². The lowest BCUT2D eigenvalue weighted by Gasteiger charge is -2.38. The van der Waals surface area contributed by atoms with E-state index < -0.39 is 10.0 Å². The molecule has 1 amide bonds. The predicted octanol–water partition coefficient (Wildman–Crippen LogP) is 3.53. The fourth-order valence-electron chi connectivity index (χ4n) is 7.79. The number of amides is 1. The van der Waals surface area contributed by atoms with E-state index in [2.05, 4.69) is 33.4 Å². The Morgan fingerprint density at radius 3 is 2.51 bits per heavy atom. The molecule has 11 heteroatoms. The van der Waals surface area contributed by atoms with Crippen molar-refractivity contribution in [2.24, 2.45) is 24.6 Å². The molecule has 3 atom stereocenters. The van der Waals surface area contributed by atoms with Gasteiger partial charge in [0.2, 0.25) is 10.0 Å². The van der Waals surface area contributed by atoms with Gasteiger partial charge in [0.25, 0.3) is 5.91 Å². The number of likely N-dealkylation sites (tertiary alicyclic amines) is 1. The number of aromatic nitrogens is 3. The van der Waals surface area contributed by atoms with E-state index in [1.54, 1.807) is 11.4 Å². The van der Waals surface area contributed by atoms with E-state index in [9.17, 15) is 13.2 Å². The van der Waals surface area contributed by atoms with Crippen LogP contribution in [-0.2, 0) is 23.6 Å². The normalized spacial score (nSPS) is 24.4. The number of imidazole rings is 1. The summed E-state index contributed by atoms with van der Waals surface area (Å²) in [5.41, 5.74) is 11.9. The Balaban J connectivity index is 1.23. The van der Waals surface area contributed by atoms with Crippen LogP contribution in [0.15, 0.2) is 36.4 Å². The number of rotatable bonds is 7. The lowest BCUT2D eigenvalue weighted by atomic mass is 9.92. The number of carbonyl (C=O) groups is 1. The maximum atomic E-state index is 13.7. The highest BCUT2D eigenvalue weighted by molar-refractivity contribution is 7.88. The summed E-state index contributed by atoms with van der Waals surface area (Å²) in [6, 6.07) is 12.5. The molecule has 43 heavy (non-hydrogen) atoms. The van der Waals surface area contributed by atoms with Crippen molar-refractivity contribution < 1.29 is 17.9 Å². The first-order chi connectivity index (χ1) is 20.6. The zero-order valence-corrected chi connectivity index (χ0v) is 25.7. The number of fused-ring (bicyclic) bond motifs is 4.